The van der Waals surface area contributed by atoms with Crippen molar-refractivity contribution in [3.05, 3.63) is 40.7 Å². The fraction of sp³-hybridized carbons (Fsp3) is 0.167. The second-order valence-corrected chi connectivity index (χ2v) is 4.67. The molecule has 0 fully saturated rings. The van der Waals surface area contributed by atoms with Crippen LogP contribution in [0.25, 0.3) is 0 Å². The third kappa shape index (κ3) is 3.57. The van der Waals surface area contributed by atoms with E-state index in [4.69, 9.17) is 0 Å². The predicted molar refractivity (Wildman–Crippen MR) is 69.9 cm³/mol. The van der Waals surface area contributed by atoms with Gasteiger partial charge < -0.3 is 4.74 Å². The van der Waals surface area contributed by atoms with Crippen LogP contribution in [0.5, 0.6) is 0 Å². The zero-order valence-electron chi connectivity index (χ0n) is 10.7. The molecule has 0 saturated heterocycles. The van der Waals surface area contributed by atoms with Crippen LogP contribution in [0, 0.1) is 11.8 Å². The molecular formula is C12H9F2N3O3S. The highest BCUT2D eigenvalue weighted by atomic mass is 32.1. The number of esters is 1. The summed E-state index contributed by atoms with van der Waals surface area (Å²) in [5, 5.41) is 4.03. The number of nitrogens with one attached hydrogen (secondary N) is 1. The van der Waals surface area contributed by atoms with E-state index in [2.05, 4.69) is 20.0 Å². The van der Waals surface area contributed by atoms with Crippen molar-refractivity contribution in [3.8, 4) is 0 Å². The third-order valence-corrected chi connectivity index (χ3v) is 3.22. The molecule has 1 N–H and O–H groups in total. The molecule has 110 valence electrons. The summed E-state index contributed by atoms with van der Waals surface area (Å²) >= 11 is 1.05. The Morgan fingerprint density at radius 3 is 2.90 bits per heavy atom. The number of pyridine rings is 1. The number of hydrogen-bond donors (Lipinski definition) is 1. The number of carbonyl (C=O) groups is 2. The molecule has 2 aromatic rings. The molecule has 21 heavy (non-hydrogen) atoms. The van der Waals surface area contributed by atoms with E-state index in [1.54, 1.807) is 5.38 Å². The van der Waals surface area contributed by atoms with Crippen LogP contribution in [-0.2, 0) is 16.0 Å². The van der Waals surface area contributed by atoms with Gasteiger partial charge in [0.2, 0.25) is 5.95 Å². The first-order valence-electron chi connectivity index (χ1n) is 5.64. The third-order valence-electron chi connectivity index (χ3n) is 2.42. The SMILES string of the molecule is COC(=O)Cc1csc(NC(=O)c2ccnc(F)c2F)n1. The van der Waals surface area contributed by atoms with Crippen molar-refractivity contribution in [1.29, 1.82) is 0 Å². The molecule has 9 heteroatoms. The number of methoxy groups -OCH3 is 1. The minimum absolute atomic E-state index is 0.0406. The first-order valence-corrected chi connectivity index (χ1v) is 6.51. The lowest BCUT2D eigenvalue weighted by Crippen LogP contribution is -2.15. The lowest BCUT2D eigenvalue weighted by molar-refractivity contribution is -0.139. The van der Waals surface area contributed by atoms with Crippen LogP contribution in [0.4, 0.5) is 13.9 Å². The number of hydrogen-bond acceptors (Lipinski definition) is 6. The highest BCUT2D eigenvalue weighted by Gasteiger charge is 2.17. The van der Waals surface area contributed by atoms with Gasteiger partial charge in [0.05, 0.1) is 24.8 Å². The highest BCUT2D eigenvalue weighted by Crippen LogP contribution is 2.18. The Morgan fingerprint density at radius 1 is 1.43 bits per heavy atom. The molecule has 0 saturated carbocycles. The van der Waals surface area contributed by atoms with Gasteiger partial charge in [-0.15, -0.1) is 11.3 Å². The van der Waals surface area contributed by atoms with Crippen LogP contribution in [-0.4, -0.2) is 29.0 Å². The Bertz CT molecular complexity index is 690. The second kappa shape index (κ2) is 6.35. The maximum Gasteiger partial charge on any atom is 0.311 e. The van der Waals surface area contributed by atoms with Gasteiger partial charge in [-0.1, -0.05) is 0 Å². The van der Waals surface area contributed by atoms with Crippen LogP contribution < -0.4 is 5.32 Å². The Balaban J connectivity index is 2.09. The van der Waals surface area contributed by atoms with Crippen LogP contribution in [0.2, 0.25) is 0 Å². The summed E-state index contributed by atoms with van der Waals surface area (Å²) < 4.78 is 30.8. The Hall–Kier alpha value is -2.42. The van der Waals surface area contributed by atoms with Crippen molar-refractivity contribution in [3.63, 3.8) is 0 Å². The van der Waals surface area contributed by atoms with E-state index in [1.165, 1.54) is 7.11 Å². The number of ether oxygens (including phenoxy) is 1. The summed E-state index contributed by atoms with van der Waals surface area (Å²) in [6.45, 7) is 0. The van der Waals surface area contributed by atoms with Crippen LogP contribution >= 0.6 is 11.3 Å². The van der Waals surface area contributed by atoms with Gasteiger partial charge in [-0.25, -0.2) is 14.4 Å². The molecule has 2 aromatic heterocycles. The van der Waals surface area contributed by atoms with Gasteiger partial charge in [-0.2, -0.15) is 4.39 Å². The minimum Gasteiger partial charge on any atom is -0.469 e. The van der Waals surface area contributed by atoms with E-state index in [9.17, 15) is 18.4 Å². The summed E-state index contributed by atoms with van der Waals surface area (Å²) in [5.41, 5.74) is -0.0734. The smallest absolute Gasteiger partial charge is 0.311 e. The number of nitrogens with zero attached hydrogens (tertiary/aromatic N) is 2. The maximum absolute atomic E-state index is 13.4. The first kappa shape index (κ1) is 15.0. The van der Waals surface area contributed by atoms with Gasteiger partial charge in [-0.05, 0) is 6.07 Å². The molecule has 0 radical (unpaired) electrons. The number of carbonyl (C=O) groups excluding carboxylic acids is 2. The molecule has 1 amide bonds. The zero-order chi connectivity index (χ0) is 15.4. The van der Waals surface area contributed by atoms with Gasteiger partial charge in [0.1, 0.15) is 0 Å². The fourth-order valence-electron chi connectivity index (χ4n) is 1.42. The number of anilines is 1. The minimum atomic E-state index is -1.35. The summed E-state index contributed by atoms with van der Waals surface area (Å²) in [4.78, 5) is 29.9. The average molecular weight is 313 g/mol. The quantitative estimate of drug-likeness (QED) is 0.687. The molecule has 0 bridgehead atoms. The molecule has 0 aliphatic rings. The van der Waals surface area contributed by atoms with E-state index in [0.29, 0.717) is 5.69 Å². The Kier molecular flexibility index (Phi) is 4.53. The summed E-state index contributed by atoms with van der Waals surface area (Å²) in [6, 6.07) is 1.05. The lowest BCUT2D eigenvalue weighted by atomic mass is 10.2. The van der Waals surface area contributed by atoms with Gasteiger partial charge in [0.25, 0.3) is 5.91 Å². The van der Waals surface area contributed by atoms with Gasteiger partial charge >= 0.3 is 5.97 Å². The summed E-state index contributed by atoms with van der Waals surface area (Å²) in [7, 11) is 1.25. The van der Waals surface area contributed by atoms with E-state index in [1.807, 2.05) is 0 Å². The molecule has 0 aliphatic carbocycles. The Morgan fingerprint density at radius 2 is 2.19 bits per heavy atom. The predicted octanol–water partition coefficient (Wildman–Crippen LogP) is 1.78. The summed E-state index contributed by atoms with van der Waals surface area (Å²) in [5.74, 6) is -4.01. The number of halogens is 2. The van der Waals surface area contributed by atoms with Gasteiger partial charge in [-0.3, -0.25) is 14.9 Å². The van der Waals surface area contributed by atoms with Crippen LogP contribution in [0.15, 0.2) is 17.6 Å². The zero-order valence-corrected chi connectivity index (χ0v) is 11.5. The van der Waals surface area contributed by atoms with E-state index in [-0.39, 0.29) is 11.6 Å². The molecule has 2 heterocycles. The van der Waals surface area contributed by atoms with Gasteiger partial charge in [0.15, 0.2) is 10.9 Å². The topological polar surface area (TPSA) is 81.2 Å². The standard InChI is InChI=1S/C12H9F2N3O3S/c1-20-8(18)4-6-5-21-12(16-6)17-11(19)7-2-3-15-10(14)9(7)13/h2-3,5H,4H2,1H3,(H,16,17,19). The Labute approximate surface area is 121 Å². The van der Waals surface area contributed by atoms with Crippen molar-refractivity contribution in [1.82, 2.24) is 9.97 Å². The second-order valence-electron chi connectivity index (χ2n) is 3.81. The molecule has 2 rings (SSSR count). The normalized spacial score (nSPS) is 10.2. The van der Waals surface area contributed by atoms with Crippen LogP contribution in [0.1, 0.15) is 16.1 Å². The van der Waals surface area contributed by atoms with Crippen molar-refractivity contribution in [2.75, 3.05) is 12.4 Å². The highest BCUT2D eigenvalue weighted by molar-refractivity contribution is 7.14. The average Bonchev–Trinajstić information content (AvgIpc) is 2.88. The van der Waals surface area contributed by atoms with Gasteiger partial charge in [0, 0.05) is 11.6 Å². The molecule has 0 aromatic carbocycles. The van der Waals surface area contributed by atoms with Crippen molar-refractivity contribution in [2.24, 2.45) is 0 Å². The number of amides is 1. The molecular weight excluding hydrogens is 304 g/mol. The molecule has 0 aliphatic heterocycles. The van der Waals surface area contributed by atoms with E-state index in [0.717, 1.165) is 23.6 Å². The number of thiazole rings is 1. The van der Waals surface area contributed by atoms with Crippen molar-refractivity contribution >= 4 is 28.3 Å². The van der Waals surface area contributed by atoms with Crippen LogP contribution in [0.3, 0.4) is 0 Å². The molecule has 0 unspecified atom stereocenters. The first-order chi connectivity index (χ1) is 10.0. The number of rotatable bonds is 4. The van der Waals surface area contributed by atoms with Crippen molar-refractivity contribution in [2.45, 2.75) is 6.42 Å². The molecule has 0 atom stereocenters. The monoisotopic (exact) mass is 313 g/mol. The summed E-state index contributed by atoms with van der Waals surface area (Å²) in [6.07, 6.45) is 0.943. The largest absolute Gasteiger partial charge is 0.469 e. The fourth-order valence-corrected chi connectivity index (χ4v) is 2.13. The molecule has 6 nitrogen and oxygen atoms in total. The number of aromatic nitrogens is 2. The molecule has 0 spiro atoms. The van der Waals surface area contributed by atoms with E-state index >= 15 is 0 Å². The van der Waals surface area contributed by atoms with E-state index < -0.39 is 29.2 Å². The van der Waals surface area contributed by atoms with Crippen molar-refractivity contribution < 1.29 is 23.1 Å². The lowest BCUT2D eigenvalue weighted by Gasteiger charge is -2.02. The maximum atomic E-state index is 13.4.